The van der Waals surface area contributed by atoms with Gasteiger partial charge < -0.3 is 5.11 Å². The molecular formula is C23H27N3O. The highest BCUT2D eigenvalue weighted by molar-refractivity contribution is 5.38. The fourth-order valence-electron chi connectivity index (χ4n) is 3.03. The minimum Gasteiger partial charge on any atom is -0.508 e. The van der Waals surface area contributed by atoms with Crippen LogP contribution in [0.4, 0.5) is 0 Å². The lowest BCUT2D eigenvalue weighted by Crippen LogP contribution is -2.24. The molecule has 0 radical (unpaired) electrons. The van der Waals surface area contributed by atoms with Crippen molar-refractivity contribution in [1.82, 2.24) is 14.9 Å². The number of benzene rings is 1. The number of phenolic OH excluding ortho intramolecular Hbond substituents is 1. The van der Waals surface area contributed by atoms with Gasteiger partial charge in [0.15, 0.2) is 0 Å². The minimum absolute atomic E-state index is 0.0370. The van der Waals surface area contributed by atoms with Crippen molar-refractivity contribution >= 4 is 0 Å². The van der Waals surface area contributed by atoms with E-state index in [1.165, 1.54) is 5.56 Å². The van der Waals surface area contributed by atoms with Crippen LogP contribution >= 0.6 is 0 Å². The molecule has 0 bridgehead atoms. The summed E-state index contributed by atoms with van der Waals surface area (Å²) in [5.74, 6) is 0.329. The lowest BCUT2D eigenvalue weighted by atomic mass is 9.86. The Kier molecular flexibility index (Phi) is 5.87. The van der Waals surface area contributed by atoms with Gasteiger partial charge in [-0.25, -0.2) is 0 Å². The molecule has 2 heterocycles. The molecule has 0 saturated carbocycles. The largest absolute Gasteiger partial charge is 0.508 e. The molecule has 0 aliphatic heterocycles. The number of rotatable bonds is 6. The smallest absolute Gasteiger partial charge is 0.120 e. The van der Waals surface area contributed by atoms with Gasteiger partial charge in [-0.3, -0.25) is 14.9 Å². The maximum absolute atomic E-state index is 10.4. The van der Waals surface area contributed by atoms with E-state index in [9.17, 15) is 5.11 Å². The van der Waals surface area contributed by atoms with Crippen molar-refractivity contribution in [1.29, 1.82) is 0 Å². The molecule has 0 aliphatic rings. The summed E-state index contributed by atoms with van der Waals surface area (Å²) in [6.07, 6.45) is 3.62. The molecule has 3 aromatic rings. The van der Waals surface area contributed by atoms with E-state index >= 15 is 0 Å². The zero-order valence-electron chi connectivity index (χ0n) is 16.3. The second-order valence-corrected chi connectivity index (χ2v) is 7.88. The molecule has 0 unspecified atom stereocenters. The van der Waals surface area contributed by atoms with Crippen LogP contribution in [-0.2, 0) is 25.0 Å². The number of nitrogens with zero attached hydrogens (tertiary/aromatic N) is 3. The fraction of sp³-hybridized carbons (Fsp3) is 0.304. The standard InChI is InChI=1S/C23H27N3O/c1-23(2,3)19-10-11-22(27)18(14-19)15-26(16-20-8-4-6-12-24-20)17-21-9-5-7-13-25-21/h4-14,27H,15-17H2,1-3H3. The lowest BCUT2D eigenvalue weighted by Gasteiger charge is -2.24. The zero-order valence-corrected chi connectivity index (χ0v) is 16.3. The molecule has 1 aromatic carbocycles. The van der Waals surface area contributed by atoms with E-state index in [1.807, 2.05) is 54.9 Å². The van der Waals surface area contributed by atoms with E-state index in [2.05, 4.69) is 41.7 Å². The van der Waals surface area contributed by atoms with Gasteiger partial charge in [0.1, 0.15) is 5.75 Å². The maximum Gasteiger partial charge on any atom is 0.120 e. The summed E-state index contributed by atoms with van der Waals surface area (Å²) in [6, 6.07) is 17.8. The van der Waals surface area contributed by atoms with Gasteiger partial charge >= 0.3 is 0 Å². The topological polar surface area (TPSA) is 49.2 Å². The molecular weight excluding hydrogens is 334 g/mol. The molecule has 27 heavy (non-hydrogen) atoms. The van der Waals surface area contributed by atoms with E-state index < -0.39 is 0 Å². The van der Waals surface area contributed by atoms with Gasteiger partial charge in [-0.05, 0) is 41.3 Å². The molecule has 0 spiro atoms. The van der Waals surface area contributed by atoms with Gasteiger partial charge in [-0.15, -0.1) is 0 Å². The molecule has 1 N–H and O–H groups in total. The van der Waals surface area contributed by atoms with Crippen LogP contribution in [0.1, 0.15) is 43.3 Å². The molecule has 0 aliphatic carbocycles. The molecule has 0 saturated heterocycles. The van der Waals surface area contributed by atoms with E-state index in [1.54, 1.807) is 6.07 Å². The second-order valence-electron chi connectivity index (χ2n) is 7.88. The third-order valence-corrected chi connectivity index (χ3v) is 4.56. The fourth-order valence-corrected chi connectivity index (χ4v) is 3.03. The molecule has 4 heteroatoms. The Morgan fingerprint density at radius 3 is 1.89 bits per heavy atom. The molecule has 0 amide bonds. The normalized spacial score (nSPS) is 11.7. The predicted octanol–water partition coefficient (Wildman–Crippen LogP) is 4.68. The van der Waals surface area contributed by atoms with Crippen molar-refractivity contribution in [3.05, 3.63) is 89.5 Å². The summed E-state index contributed by atoms with van der Waals surface area (Å²) in [6.45, 7) is 8.56. The van der Waals surface area contributed by atoms with Gasteiger partial charge in [0.2, 0.25) is 0 Å². The van der Waals surface area contributed by atoms with Crippen LogP contribution in [0.15, 0.2) is 67.0 Å². The van der Waals surface area contributed by atoms with Crippen molar-refractivity contribution in [3.63, 3.8) is 0 Å². The first-order chi connectivity index (χ1) is 12.9. The van der Waals surface area contributed by atoms with E-state index in [4.69, 9.17) is 0 Å². The molecule has 4 nitrogen and oxygen atoms in total. The van der Waals surface area contributed by atoms with Crippen LogP contribution in [0, 0.1) is 0 Å². The van der Waals surface area contributed by atoms with Crippen LogP contribution in [-0.4, -0.2) is 20.0 Å². The van der Waals surface area contributed by atoms with Crippen LogP contribution in [0.2, 0.25) is 0 Å². The highest BCUT2D eigenvalue weighted by Gasteiger charge is 2.17. The van der Waals surface area contributed by atoms with Gasteiger partial charge in [-0.2, -0.15) is 0 Å². The first-order valence-corrected chi connectivity index (χ1v) is 9.26. The second kappa shape index (κ2) is 8.31. The Morgan fingerprint density at radius 2 is 1.41 bits per heavy atom. The Labute approximate surface area is 161 Å². The summed E-state index contributed by atoms with van der Waals surface area (Å²) in [7, 11) is 0. The zero-order chi connectivity index (χ0) is 19.3. The summed E-state index contributed by atoms with van der Waals surface area (Å²) < 4.78 is 0. The van der Waals surface area contributed by atoms with Gasteiger partial charge in [0.25, 0.3) is 0 Å². The number of aromatic nitrogens is 2. The molecule has 3 rings (SSSR count). The molecule has 0 atom stereocenters. The number of phenols is 1. The Morgan fingerprint density at radius 1 is 0.815 bits per heavy atom. The monoisotopic (exact) mass is 361 g/mol. The highest BCUT2D eigenvalue weighted by atomic mass is 16.3. The van der Waals surface area contributed by atoms with Crippen molar-refractivity contribution < 1.29 is 5.11 Å². The third kappa shape index (κ3) is 5.38. The van der Waals surface area contributed by atoms with Crippen molar-refractivity contribution in [2.24, 2.45) is 0 Å². The minimum atomic E-state index is 0.0370. The summed E-state index contributed by atoms with van der Waals surface area (Å²) in [4.78, 5) is 11.2. The Balaban J connectivity index is 1.86. The highest BCUT2D eigenvalue weighted by Crippen LogP contribution is 2.28. The number of hydrogen-bond donors (Lipinski definition) is 1. The van der Waals surface area contributed by atoms with Crippen molar-refractivity contribution in [2.75, 3.05) is 0 Å². The third-order valence-electron chi connectivity index (χ3n) is 4.56. The Hall–Kier alpha value is -2.72. The first kappa shape index (κ1) is 19.1. The van der Waals surface area contributed by atoms with Gasteiger partial charge in [-0.1, -0.05) is 45.0 Å². The van der Waals surface area contributed by atoms with Crippen LogP contribution in [0.3, 0.4) is 0 Å². The predicted molar refractivity (Wildman–Crippen MR) is 108 cm³/mol. The van der Waals surface area contributed by atoms with Crippen LogP contribution in [0.25, 0.3) is 0 Å². The molecule has 140 valence electrons. The number of hydrogen-bond acceptors (Lipinski definition) is 4. The van der Waals surface area contributed by atoms with E-state index in [-0.39, 0.29) is 5.41 Å². The average molecular weight is 361 g/mol. The number of pyridine rings is 2. The summed E-state index contributed by atoms with van der Waals surface area (Å²) in [5, 5.41) is 10.4. The summed E-state index contributed by atoms with van der Waals surface area (Å²) >= 11 is 0. The van der Waals surface area contributed by atoms with Crippen molar-refractivity contribution in [3.8, 4) is 5.75 Å². The average Bonchev–Trinajstić information content (AvgIpc) is 2.64. The lowest BCUT2D eigenvalue weighted by molar-refractivity contribution is 0.238. The molecule has 0 fully saturated rings. The van der Waals surface area contributed by atoms with E-state index in [0.717, 1.165) is 17.0 Å². The maximum atomic E-state index is 10.4. The van der Waals surface area contributed by atoms with E-state index in [0.29, 0.717) is 25.4 Å². The quantitative estimate of drug-likeness (QED) is 0.692. The SMILES string of the molecule is CC(C)(C)c1ccc(O)c(CN(Cc2ccccn2)Cc2ccccn2)c1. The summed E-state index contributed by atoms with van der Waals surface area (Å²) in [5.41, 5.74) is 4.18. The van der Waals surface area contributed by atoms with Gasteiger partial charge in [0, 0.05) is 37.6 Å². The Bertz CT molecular complexity index is 816. The van der Waals surface area contributed by atoms with Crippen LogP contribution < -0.4 is 0 Å². The van der Waals surface area contributed by atoms with Crippen molar-refractivity contribution in [2.45, 2.75) is 45.8 Å². The van der Waals surface area contributed by atoms with Gasteiger partial charge in [0.05, 0.1) is 11.4 Å². The first-order valence-electron chi connectivity index (χ1n) is 9.26. The molecule has 2 aromatic heterocycles. The number of aromatic hydroxyl groups is 1. The van der Waals surface area contributed by atoms with Crippen LogP contribution in [0.5, 0.6) is 5.75 Å².